The summed E-state index contributed by atoms with van der Waals surface area (Å²) < 4.78 is 0. The highest BCUT2D eigenvalue weighted by atomic mass is 35.5. The fourth-order valence-electron chi connectivity index (χ4n) is 1.68. The Hall–Kier alpha value is -1.62. The van der Waals surface area contributed by atoms with Crippen LogP contribution in [0.15, 0.2) is 48.8 Å². The summed E-state index contributed by atoms with van der Waals surface area (Å²) in [5, 5.41) is 4.80. The second-order valence-electron chi connectivity index (χ2n) is 4.00. The van der Waals surface area contributed by atoms with Crippen molar-refractivity contribution < 1.29 is 0 Å². The van der Waals surface area contributed by atoms with Gasteiger partial charge in [0.2, 0.25) is 0 Å². The maximum atomic E-state index is 6.07. The summed E-state index contributed by atoms with van der Waals surface area (Å²) in [7, 11) is 0. The molecule has 0 aliphatic carbocycles. The lowest BCUT2D eigenvalue weighted by molar-refractivity contribution is 1.29. The maximum absolute atomic E-state index is 6.07. The first kappa shape index (κ1) is 13.4. The molecular weight excluding hydrogens is 313 g/mol. The van der Waals surface area contributed by atoms with Gasteiger partial charge in [0.05, 0.1) is 14.9 Å². The van der Waals surface area contributed by atoms with Crippen molar-refractivity contribution in [2.45, 2.75) is 0 Å². The predicted molar refractivity (Wildman–Crippen MR) is 85.1 cm³/mol. The van der Waals surface area contributed by atoms with Crippen LogP contribution < -0.4 is 5.32 Å². The summed E-state index contributed by atoms with van der Waals surface area (Å²) in [4.78, 5) is 9.56. The van der Waals surface area contributed by atoms with Crippen LogP contribution in [0.5, 0.6) is 0 Å². The highest BCUT2D eigenvalue weighted by molar-refractivity contribution is 7.18. The number of anilines is 2. The predicted octanol–water partition coefficient (Wildman–Crippen LogP) is 5.26. The van der Waals surface area contributed by atoms with Gasteiger partial charge in [-0.3, -0.25) is 0 Å². The first-order valence-corrected chi connectivity index (χ1v) is 7.39. The van der Waals surface area contributed by atoms with Crippen molar-refractivity contribution in [2.75, 3.05) is 5.32 Å². The number of rotatable bonds is 3. The van der Waals surface area contributed by atoms with Crippen molar-refractivity contribution in [3.05, 3.63) is 58.8 Å². The van der Waals surface area contributed by atoms with Gasteiger partial charge in [-0.15, -0.1) is 0 Å². The molecule has 0 aliphatic heterocycles. The number of halogens is 2. The van der Waals surface area contributed by atoms with E-state index in [1.165, 1.54) is 11.3 Å². The van der Waals surface area contributed by atoms with Crippen LogP contribution >= 0.6 is 34.5 Å². The van der Waals surface area contributed by atoms with E-state index < -0.39 is 0 Å². The van der Waals surface area contributed by atoms with Crippen LogP contribution in [0.25, 0.3) is 10.4 Å². The Morgan fingerprint density at radius 1 is 1.00 bits per heavy atom. The molecule has 2 aromatic heterocycles. The summed E-state index contributed by atoms with van der Waals surface area (Å²) in [5.41, 5.74) is 1.13. The van der Waals surface area contributed by atoms with Crippen molar-refractivity contribution in [2.24, 2.45) is 0 Å². The van der Waals surface area contributed by atoms with Gasteiger partial charge < -0.3 is 5.32 Å². The smallest absolute Gasteiger partial charge is 0.188 e. The molecule has 6 heteroatoms. The quantitative estimate of drug-likeness (QED) is 0.715. The lowest BCUT2D eigenvalue weighted by Crippen LogP contribution is -1.93. The molecule has 0 amide bonds. The van der Waals surface area contributed by atoms with Gasteiger partial charge in [-0.05, 0) is 11.6 Å². The molecule has 0 saturated heterocycles. The van der Waals surface area contributed by atoms with Crippen molar-refractivity contribution in [3.8, 4) is 10.4 Å². The lowest BCUT2D eigenvalue weighted by Gasteiger charge is -2.03. The first-order valence-electron chi connectivity index (χ1n) is 5.82. The summed E-state index contributed by atoms with van der Waals surface area (Å²) in [6, 6.07) is 11.7. The summed E-state index contributed by atoms with van der Waals surface area (Å²) in [5.74, 6) is 0.546. The molecule has 0 saturated carbocycles. The number of pyridine rings is 1. The number of hydrogen-bond donors (Lipinski definition) is 1. The molecule has 0 spiro atoms. The highest BCUT2D eigenvalue weighted by Gasteiger charge is 2.07. The van der Waals surface area contributed by atoms with E-state index in [0.717, 1.165) is 15.6 Å². The fraction of sp³-hybridized carbons (Fsp3) is 0. The van der Waals surface area contributed by atoms with E-state index in [4.69, 9.17) is 23.2 Å². The first-order chi connectivity index (χ1) is 9.72. The number of thiazole rings is 1. The molecule has 1 N–H and O–H groups in total. The van der Waals surface area contributed by atoms with Crippen LogP contribution in [0.1, 0.15) is 0 Å². The van der Waals surface area contributed by atoms with E-state index >= 15 is 0 Å². The van der Waals surface area contributed by atoms with Crippen LogP contribution in [-0.4, -0.2) is 9.97 Å². The largest absolute Gasteiger partial charge is 0.315 e. The lowest BCUT2D eigenvalue weighted by atomic mass is 10.2. The van der Waals surface area contributed by atoms with Gasteiger partial charge in [0.1, 0.15) is 0 Å². The van der Waals surface area contributed by atoms with Gasteiger partial charge in [-0.2, -0.15) is 0 Å². The molecule has 20 heavy (non-hydrogen) atoms. The number of nitrogens with zero attached hydrogens (tertiary/aromatic N) is 2. The van der Waals surface area contributed by atoms with E-state index in [9.17, 15) is 0 Å². The minimum Gasteiger partial charge on any atom is -0.315 e. The fourth-order valence-corrected chi connectivity index (χ4v) is 2.92. The molecule has 0 atom stereocenters. The highest BCUT2D eigenvalue weighted by Crippen LogP contribution is 2.32. The van der Waals surface area contributed by atoms with Crippen molar-refractivity contribution in [3.63, 3.8) is 0 Å². The Morgan fingerprint density at radius 2 is 1.80 bits per heavy atom. The Kier molecular flexibility index (Phi) is 3.87. The zero-order valence-corrected chi connectivity index (χ0v) is 12.5. The van der Waals surface area contributed by atoms with Gasteiger partial charge in [-0.25, -0.2) is 9.97 Å². The third-order valence-electron chi connectivity index (χ3n) is 2.60. The number of benzene rings is 1. The van der Waals surface area contributed by atoms with E-state index in [1.807, 2.05) is 36.5 Å². The molecule has 3 nitrogen and oxygen atoms in total. The average molecular weight is 322 g/mol. The number of aromatic nitrogens is 2. The third kappa shape index (κ3) is 2.93. The molecule has 2 heterocycles. The zero-order valence-electron chi connectivity index (χ0n) is 10.2. The number of hydrogen-bond acceptors (Lipinski definition) is 4. The van der Waals surface area contributed by atoms with Crippen molar-refractivity contribution in [1.82, 2.24) is 9.97 Å². The van der Waals surface area contributed by atoms with Crippen LogP contribution in [0.2, 0.25) is 10.0 Å². The zero-order chi connectivity index (χ0) is 13.9. The van der Waals surface area contributed by atoms with Crippen LogP contribution in [0.3, 0.4) is 0 Å². The van der Waals surface area contributed by atoms with Gasteiger partial charge in [-0.1, -0.05) is 64.9 Å². The molecule has 0 aliphatic rings. The molecule has 3 aromatic rings. The minimum absolute atomic E-state index is 0.467. The molecule has 0 radical (unpaired) electrons. The van der Waals surface area contributed by atoms with Crippen LogP contribution in [-0.2, 0) is 0 Å². The number of nitrogens with one attached hydrogen (secondary N) is 1. The van der Waals surface area contributed by atoms with Gasteiger partial charge >= 0.3 is 0 Å². The Morgan fingerprint density at radius 3 is 2.55 bits per heavy atom. The van der Waals surface area contributed by atoms with Crippen LogP contribution in [0.4, 0.5) is 10.9 Å². The van der Waals surface area contributed by atoms with Gasteiger partial charge in [0, 0.05) is 12.4 Å². The molecule has 0 bridgehead atoms. The topological polar surface area (TPSA) is 37.8 Å². The van der Waals surface area contributed by atoms with Crippen molar-refractivity contribution >= 4 is 45.5 Å². The molecule has 3 rings (SSSR count). The van der Waals surface area contributed by atoms with Gasteiger partial charge in [0.25, 0.3) is 0 Å². The van der Waals surface area contributed by atoms with E-state index in [2.05, 4.69) is 15.3 Å². The molecule has 100 valence electrons. The summed E-state index contributed by atoms with van der Waals surface area (Å²) >= 11 is 13.4. The monoisotopic (exact) mass is 321 g/mol. The van der Waals surface area contributed by atoms with E-state index in [0.29, 0.717) is 15.9 Å². The summed E-state index contributed by atoms with van der Waals surface area (Å²) in [6.07, 6.45) is 3.37. The molecule has 0 fully saturated rings. The Balaban J connectivity index is 1.84. The molecular formula is C14H9Cl2N3S. The third-order valence-corrected chi connectivity index (χ3v) is 4.05. The second-order valence-corrected chi connectivity index (χ2v) is 5.88. The standard InChI is InChI=1S/C14H9Cl2N3S/c15-10-6-11(16)13(17-7-10)19-14-18-8-12(20-14)9-4-2-1-3-5-9/h1-8H,(H,17,18,19). The Bertz CT molecular complexity index is 728. The van der Waals surface area contributed by atoms with E-state index in [1.54, 1.807) is 12.3 Å². The average Bonchev–Trinajstić information content (AvgIpc) is 2.92. The Labute approximate surface area is 130 Å². The molecule has 0 unspecified atom stereocenters. The SMILES string of the molecule is Clc1cnc(Nc2ncc(-c3ccccc3)s2)c(Cl)c1. The van der Waals surface area contributed by atoms with E-state index in [-0.39, 0.29) is 0 Å². The van der Waals surface area contributed by atoms with Gasteiger partial charge in [0.15, 0.2) is 10.9 Å². The maximum Gasteiger partial charge on any atom is 0.188 e. The normalized spacial score (nSPS) is 10.5. The minimum atomic E-state index is 0.467. The van der Waals surface area contributed by atoms with Crippen LogP contribution in [0, 0.1) is 0 Å². The summed E-state index contributed by atoms with van der Waals surface area (Å²) in [6.45, 7) is 0. The van der Waals surface area contributed by atoms with Crippen molar-refractivity contribution in [1.29, 1.82) is 0 Å². The second kappa shape index (κ2) is 5.79. The molecule has 1 aromatic carbocycles.